The summed E-state index contributed by atoms with van der Waals surface area (Å²) in [5, 5.41) is 11.0. The molecule has 0 saturated carbocycles. The zero-order valence-corrected chi connectivity index (χ0v) is 13.2. The van der Waals surface area contributed by atoms with E-state index in [1.165, 1.54) is 25.3 Å². The molecule has 0 radical (unpaired) electrons. The average Bonchev–Trinajstić information content (AvgIpc) is 2.98. The molecule has 25 heavy (non-hydrogen) atoms. The van der Waals surface area contributed by atoms with Crippen LogP contribution in [0.3, 0.4) is 0 Å². The summed E-state index contributed by atoms with van der Waals surface area (Å²) in [4.78, 5) is 35.4. The number of nitro groups is 1. The van der Waals surface area contributed by atoms with Crippen molar-refractivity contribution in [1.82, 2.24) is 0 Å². The van der Waals surface area contributed by atoms with Crippen molar-refractivity contribution < 1.29 is 24.0 Å². The topological polar surface area (TPSA) is 95.7 Å². The number of carbonyl (C=O) groups is 2. The van der Waals surface area contributed by atoms with E-state index >= 15 is 0 Å². The lowest BCUT2D eigenvalue weighted by Crippen LogP contribution is -2.12. The third-order valence-electron chi connectivity index (χ3n) is 3.79. The molecule has 7 nitrogen and oxygen atoms in total. The Bertz CT molecular complexity index is 887. The van der Waals surface area contributed by atoms with Crippen LogP contribution in [-0.4, -0.2) is 23.8 Å². The average molecular weight is 339 g/mol. The lowest BCUT2D eigenvalue weighted by molar-refractivity contribution is -0.385. The summed E-state index contributed by atoms with van der Waals surface area (Å²) >= 11 is 0. The molecule has 0 fully saturated rings. The molecule has 1 unspecified atom stereocenters. The van der Waals surface area contributed by atoms with Crippen LogP contribution in [0.4, 0.5) is 5.69 Å². The van der Waals surface area contributed by atoms with E-state index in [9.17, 15) is 19.7 Å². The van der Waals surface area contributed by atoms with Crippen molar-refractivity contribution in [2.24, 2.45) is 0 Å². The van der Waals surface area contributed by atoms with Gasteiger partial charge in [-0.05, 0) is 0 Å². The van der Waals surface area contributed by atoms with E-state index in [2.05, 4.69) is 0 Å². The second kappa shape index (κ2) is 6.56. The fourth-order valence-corrected chi connectivity index (χ4v) is 2.65. The first kappa shape index (κ1) is 16.4. The maximum absolute atomic E-state index is 12.9. The van der Waals surface area contributed by atoms with Crippen LogP contribution in [0.2, 0.25) is 0 Å². The van der Waals surface area contributed by atoms with Gasteiger partial charge in [-0.1, -0.05) is 42.5 Å². The predicted molar refractivity (Wildman–Crippen MR) is 86.7 cm³/mol. The number of methoxy groups -OCH3 is 1. The second-order valence-electron chi connectivity index (χ2n) is 5.28. The minimum atomic E-state index is -1.06. The Hall–Kier alpha value is -3.48. The van der Waals surface area contributed by atoms with Gasteiger partial charge in [-0.2, -0.15) is 0 Å². The number of nitro benzene ring substituents is 1. The van der Waals surface area contributed by atoms with Gasteiger partial charge < -0.3 is 9.47 Å². The van der Waals surface area contributed by atoms with E-state index in [-0.39, 0.29) is 17.0 Å². The molecule has 0 saturated heterocycles. The molecule has 0 amide bonds. The van der Waals surface area contributed by atoms with E-state index in [1.54, 1.807) is 36.4 Å². The SMILES string of the molecule is COC1=C(C(=O)c2ccccc2)C(c2cccc([N+](=O)[O-])c2)OC1=O. The van der Waals surface area contributed by atoms with Gasteiger partial charge in [-0.3, -0.25) is 14.9 Å². The summed E-state index contributed by atoms with van der Waals surface area (Å²) in [6.07, 6.45) is -1.06. The number of hydrogen-bond acceptors (Lipinski definition) is 6. The summed E-state index contributed by atoms with van der Waals surface area (Å²) in [5.74, 6) is -1.40. The first-order valence-corrected chi connectivity index (χ1v) is 7.36. The molecule has 0 spiro atoms. The molecule has 1 aliphatic heterocycles. The Kier molecular flexibility index (Phi) is 4.30. The largest absolute Gasteiger partial charge is 0.489 e. The number of ether oxygens (including phenoxy) is 2. The number of hydrogen-bond donors (Lipinski definition) is 0. The molecular weight excluding hydrogens is 326 g/mol. The van der Waals surface area contributed by atoms with Crippen molar-refractivity contribution in [3.63, 3.8) is 0 Å². The Balaban J connectivity index is 2.09. The van der Waals surface area contributed by atoms with Crippen LogP contribution < -0.4 is 0 Å². The van der Waals surface area contributed by atoms with Gasteiger partial charge in [0, 0.05) is 23.3 Å². The van der Waals surface area contributed by atoms with Crippen LogP contribution >= 0.6 is 0 Å². The Morgan fingerprint density at radius 2 is 1.88 bits per heavy atom. The summed E-state index contributed by atoms with van der Waals surface area (Å²) in [6.45, 7) is 0. The molecular formula is C18H13NO6. The summed E-state index contributed by atoms with van der Waals surface area (Å²) in [5.41, 5.74) is 0.555. The van der Waals surface area contributed by atoms with E-state index < -0.39 is 22.8 Å². The summed E-state index contributed by atoms with van der Waals surface area (Å²) < 4.78 is 10.3. The van der Waals surface area contributed by atoms with Gasteiger partial charge >= 0.3 is 5.97 Å². The molecule has 0 aliphatic carbocycles. The van der Waals surface area contributed by atoms with Crippen molar-refractivity contribution in [1.29, 1.82) is 0 Å². The third kappa shape index (κ3) is 2.99. The van der Waals surface area contributed by atoms with Gasteiger partial charge in [0.05, 0.1) is 17.6 Å². The molecule has 0 aromatic heterocycles. The first-order valence-electron chi connectivity index (χ1n) is 7.36. The van der Waals surface area contributed by atoms with Crippen LogP contribution in [0.1, 0.15) is 22.0 Å². The van der Waals surface area contributed by atoms with Gasteiger partial charge in [0.15, 0.2) is 11.9 Å². The molecule has 2 aromatic carbocycles. The van der Waals surface area contributed by atoms with E-state index in [0.717, 1.165) is 0 Å². The smallest absolute Gasteiger partial charge is 0.375 e. The molecule has 126 valence electrons. The van der Waals surface area contributed by atoms with Crippen LogP contribution in [0.5, 0.6) is 0 Å². The number of benzene rings is 2. The van der Waals surface area contributed by atoms with Gasteiger partial charge in [-0.15, -0.1) is 0 Å². The quantitative estimate of drug-likeness (QED) is 0.360. The number of cyclic esters (lactones) is 1. The number of rotatable bonds is 5. The predicted octanol–water partition coefficient (Wildman–Crippen LogP) is 2.98. The molecule has 1 aliphatic rings. The Morgan fingerprint density at radius 1 is 1.16 bits per heavy atom. The number of esters is 1. The van der Waals surface area contributed by atoms with Crippen LogP contribution in [0, 0.1) is 10.1 Å². The highest BCUT2D eigenvalue weighted by molar-refractivity contribution is 6.14. The molecule has 1 heterocycles. The highest BCUT2D eigenvalue weighted by Crippen LogP contribution is 2.38. The number of Topliss-reactive ketones (excluding diaryl/α,β-unsaturated/α-hetero) is 1. The fourth-order valence-electron chi connectivity index (χ4n) is 2.65. The number of non-ortho nitro benzene ring substituents is 1. The van der Waals surface area contributed by atoms with Crippen molar-refractivity contribution in [2.75, 3.05) is 7.11 Å². The Labute approximate surface area is 142 Å². The van der Waals surface area contributed by atoms with Gasteiger partial charge in [-0.25, -0.2) is 4.79 Å². The lowest BCUT2D eigenvalue weighted by Gasteiger charge is -2.13. The van der Waals surface area contributed by atoms with Crippen LogP contribution in [0.25, 0.3) is 0 Å². The van der Waals surface area contributed by atoms with E-state index in [1.807, 2.05) is 0 Å². The highest BCUT2D eigenvalue weighted by Gasteiger charge is 2.41. The number of ketones is 1. The van der Waals surface area contributed by atoms with Crippen LogP contribution in [-0.2, 0) is 14.3 Å². The van der Waals surface area contributed by atoms with Gasteiger partial charge in [0.2, 0.25) is 5.76 Å². The normalized spacial score (nSPS) is 16.5. The van der Waals surface area contributed by atoms with Gasteiger partial charge in [0.25, 0.3) is 5.69 Å². The third-order valence-corrected chi connectivity index (χ3v) is 3.79. The van der Waals surface area contributed by atoms with Crippen molar-refractivity contribution in [2.45, 2.75) is 6.10 Å². The molecule has 2 aromatic rings. The zero-order chi connectivity index (χ0) is 18.0. The molecule has 3 rings (SSSR count). The van der Waals surface area contributed by atoms with Gasteiger partial charge in [0.1, 0.15) is 0 Å². The van der Waals surface area contributed by atoms with Crippen molar-refractivity contribution in [3.05, 3.63) is 87.2 Å². The van der Waals surface area contributed by atoms with E-state index in [4.69, 9.17) is 9.47 Å². The monoisotopic (exact) mass is 339 g/mol. The zero-order valence-electron chi connectivity index (χ0n) is 13.2. The molecule has 0 N–H and O–H groups in total. The van der Waals surface area contributed by atoms with E-state index in [0.29, 0.717) is 11.1 Å². The molecule has 1 atom stereocenters. The molecule has 7 heteroatoms. The standard InChI is InChI=1S/C18H13NO6/c1-24-17-14(15(20)11-6-3-2-4-7-11)16(25-18(17)21)12-8-5-9-13(10-12)19(22)23/h2-10,16H,1H3. The number of nitrogens with zero attached hydrogens (tertiary/aromatic N) is 1. The number of carbonyl (C=O) groups excluding carboxylic acids is 2. The maximum Gasteiger partial charge on any atom is 0.375 e. The summed E-state index contributed by atoms with van der Waals surface area (Å²) in [6, 6.07) is 14.0. The minimum absolute atomic E-state index is 0.0270. The van der Waals surface area contributed by atoms with Crippen molar-refractivity contribution in [3.8, 4) is 0 Å². The van der Waals surface area contributed by atoms with Crippen molar-refractivity contribution >= 4 is 17.4 Å². The van der Waals surface area contributed by atoms with Crippen LogP contribution in [0.15, 0.2) is 65.9 Å². The Morgan fingerprint density at radius 3 is 2.52 bits per heavy atom. The summed E-state index contributed by atoms with van der Waals surface area (Å²) in [7, 11) is 1.27. The fraction of sp³-hybridized carbons (Fsp3) is 0.111. The lowest BCUT2D eigenvalue weighted by atomic mass is 9.94. The molecule has 0 bridgehead atoms. The minimum Gasteiger partial charge on any atom is -0.489 e. The first-order chi connectivity index (χ1) is 12.0. The highest BCUT2D eigenvalue weighted by atomic mass is 16.6. The second-order valence-corrected chi connectivity index (χ2v) is 5.28. The maximum atomic E-state index is 12.9.